The first-order chi connectivity index (χ1) is 9.37. The molecule has 0 aromatic rings. The molecule has 4 nitrogen and oxygen atoms in total. The molecular formula is C11H22F5NO3S. The maximum absolute atomic E-state index is 12.7. The predicted molar refractivity (Wildman–Crippen MR) is 69.9 cm³/mol. The van der Waals surface area contributed by atoms with Gasteiger partial charge in [-0.25, -0.2) is 0 Å². The van der Waals surface area contributed by atoms with E-state index in [9.17, 15) is 30.4 Å². The first-order valence-corrected chi connectivity index (χ1v) is 7.81. The fourth-order valence-corrected chi connectivity index (χ4v) is 1.72. The molecule has 0 unspecified atom stereocenters. The topological polar surface area (TPSA) is 66.4 Å². The van der Waals surface area contributed by atoms with Gasteiger partial charge in [-0.05, 0) is 26.9 Å². The van der Waals surface area contributed by atoms with Crippen LogP contribution in [0.1, 0.15) is 44.9 Å². The minimum atomic E-state index is -5.40. The molecular weight excluding hydrogens is 321 g/mol. The molecule has 0 rings (SSSR count). The maximum atomic E-state index is 12.7. The Hall–Kier alpha value is -0.480. The molecule has 21 heavy (non-hydrogen) atoms. The monoisotopic (exact) mass is 343 g/mol. The standard InChI is InChI=1S/C9H15F5O3S.C2H7N/c10-8(11,12)6-4-2-1-3-5-7-9(13,14)18(15,16)17;1-3-2/h1-7H2,(H,15,16,17);3H,1-2H3. The van der Waals surface area contributed by atoms with Crippen molar-refractivity contribution in [2.24, 2.45) is 0 Å². The van der Waals surface area contributed by atoms with E-state index in [0.717, 1.165) is 0 Å². The van der Waals surface area contributed by atoms with Gasteiger partial charge in [0.05, 0.1) is 0 Å². The molecule has 0 atom stereocenters. The van der Waals surface area contributed by atoms with Gasteiger partial charge in [0.2, 0.25) is 0 Å². The van der Waals surface area contributed by atoms with Crippen LogP contribution in [0.5, 0.6) is 0 Å². The Kier molecular flexibility index (Phi) is 11.2. The fraction of sp³-hybridized carbons (Fsp3) is 1.00. The van der Waals surface area contributed by atoms with Crippen molar-refractivity contribution in [3.8, 4) is 0 Å². The average molecular weight is 343 g/mol. The Morgan fingerprint density at radius 3 is 1.52 bits per heavy atom. The van der Waals surface area contributed by atoms with Crippen LogP contribution in [0.4, 0.5) is 22.0 Å². The minimum absolute atomic E-state index is 0.0712. The van der Waals surface area contributed by atoms with Gasteiger partial charge in [-0.1, -0.05) is 19.3 Å². The van der Waals surface area contributed by atoms with Crippen LogP contribution in [-0.2, 0) is 10.1 Å². The molecule has 0 radical (unpaired) electrons. The van der Waals surface area contributed by atoms with E-state index < -0.39 is 34.4 Å². The summed E-state index contributed by atoms with van der Waals surface area (Å²) in [6.07, 6.45) is -5.62. The third kappa shape index (κ3) is 14.2. The van der Waals surface area contributed by atoms with Gasteiger partial charge >= 0.3 is 21.5 Å². The molecule has 0 aromatic carbocycles. The van der Waals surface area contributed by atoms with Gasteiger partial charge in [0.25, 0.3) is 0 Å². The van der Waals surface area contributed by atoms with Crippen molar-refractivity contribution < 1.29 is 34.9 Å². The van der Waals surface area contributed by atoms with Crippen LogP contribution in [0.25, 0.3) is 0 Å². The Bertz CT molecular complexity index is 357. The van der Waals surface area contributed by atoms with Crippen LogP contribution in [-0.4, -0.2) is 38.5 Å². The van der Waals surface area contributed by atoms with E-state index in [1.54, 1.807) is 0 Å². The molecule has 2 N–H and O–H groups in total. The summed E-state index contributed by atoms with van der Waals surface area (Å²) in [6.45, 7) is 0. The van der Waals surface area contributed by atoms with Crippen molar-refractivity contribution in [2.45, 2.75) is 56.4 Å². The summed E-state index contributed by atoms with van der Waals surface area (Å²) in [4.78, 5) is 0. The Labute approximate surface area is 121 Å². The molecule has 0 aliphatic rings. The lowest BCUT2D eigenvalue weighted by atomic mass is 10.1. The van der Waals surface area contributed by atoms with E-state index in [1.165, 1.54) is 0 Å². The Morgan fingerprint density at radius 1 is 0.857 bits per heavy atom. The molecule has 0 aromatic heterocycles. The lowest BCUT2D eigenvalue weighted by molar-refractivity contribution is -0.135. The predicted octanol–water partition coefficient (Wildman–Crippen LogP) is 3.60. The number of hydrogen-bond donors (Lipinski definition) is 2. The number of halogens is 5. The molecule has 0 saturated heterocycles. The first kappa shape index (κ1) is 22.8. The largest absolute Gasteiger partial charge is 0.389 e. The Balaban J connectivity index is 0. The zero-order valence-corrected chi connectivity index (χ0v) is 12.8. The van der Waals surface area contributed by atoms with E-state index in [4.69, 9.17) is 4.55 Å². The van der Waals surface area contributed by atoms with Crippen LogP contribution in [0.2, 0.25) is 0 Å². The van der Waals surface area contributed by atoms with Gasteiger partial charge in [0.15, 0.2) is 0 Å². The average Bonchev–Trinajstić information content (AvgIpc) is 2.25. The zero-order valence-electron chi connectivity index (χ0n) is 12.0. The highest BCUT2D eigenvalue weighted by molar-refractivity contribution is 7.86. The molecule has 0 heterocycles. The van der Waals surface area contributed by atoms with Gasteiger partial charge in [-0.2, -0.15) is 30.4 Å². The molecule has 0 amide bonds. The van der Waals surface area contributed by atoms with Crippen molar-refractivity contribution >= 4 is 10.1 Å². The van der Waals surface area contributed by atoms with Gasteiger partial charge in [0, 0.05) is 12.8 Å². The number of alkyl halides is 5. The summed E-state index contributed by atoms with van der Waals surface area (Å²) in [5.41, 5.74) is 0. The number of hydrogen-bond acceptors (Lipinski definition) is 3. The number of nitrogens with one attached hydrogen (secondary N) is 1. The Morgan fingerprint density at radius 2 is 1.19 bits per heavy atom. The molecule has 130 valence electrons. The van der Waals surface area contributed by atoms with Crippen molar-refractivity contribution in [1.82, 2.24) is 5.32 Å². The van der Waals surface area contributed by atoms with Crippen molar-refractivity contribution in [1.29, 1.82) is 0 Å². The minimum Gasteiger partial charge on any atom is -0.323 e. The molecule has 0 fully saturated rings. The van der Waals surface area contributed by atoms with E-state index >= 15 is 0 Å². The smallest absolute Gasteiger partial charge is 0.323 e. The van der Waals surface area contributed by atoms with Crippen molar-refractivity contribution in [3.63, 3.8) is 0 Å². The zero-order chi connectivity index (χ0) is 17.2. The molecule has 0 spiro atoms. The lowest BCUT2D eigenvalue weighted by Gasteiger charge is -2.12. The van der Waals surface area contributed by atoms with E-state index in [-0.39, 0.29) is 25.7 Å². The highest BCUT2D eigenvalue weighted by Gasteiger charge is 2.42. The van der Waals surface area contributed by atoms with E-state index in [0.29, 0.717) is 6.42 Å². The number of rotatable bonds is 8. The third-order valence-corrected chi connectivity index (χ3v) is 3.26. The van der Waals surface area contributed by atoms with Gasteiger partial charge in [0.1, 0.15) is 0 Å². The fourth-order valence-electron chi connectivity index (χ4n) is 1.32. The summed E-state index contributed by atoms with van der Waals surface area (Å²) in [5.74, 6) is 0. The first-order valence-electron chi connectivity index (χ1n) is 6.37. The van der Waals surface area contributed by atoms with Gasteiger partial charge in [-0.3, -0.25) is 4.55 Å². The maximum Gasteiger partial charge on any atom is 0.389 e. The molecule has 0 bridgehead atoms. The lowest BCUT2D eigenvalue weighted by Crippen LogP contribution is -2.27. The SMILES string of the molecule is CNC.O=S(=O)(O)C(F)(F)CCCCCCCC(F)(F)F. The molecule has 0 aliphatic carbocycles. The highest BCUT2D eigenvalue weighted by Crippen LogP contribution is 2.28. The van der Waals surface area contributed by atoms with Crippen LogP contribution in [0.3, 0.4) is 0 Å². The van der Waals surface area contributed by atoms with Crippen LogP contribution < -0.4 is 5.32 Å². The summed E-state index contributed by atoms with van der Waals surface area (Å²) < 4.78 is 89.1. The number of unbranched alkanes of at least 4 members (excludes halogenated alkanes) is 4. The van der Waals surface area contributed by atoms with Gasteiger partial charge < -0.3 is 5.32 Å². The summed E-state index contributed by atoms with van der Waals surface area (Å²) in [7, 11) is -1.65. The second-order valence-corrected chi connectivity index (χ2v) is 6.04. The quantitative estimate of drug-likeness (QED) is 0.401. The third-order valence-electron chi connectivity index (χ3n) is 2.31. The van der Waals surface area contributed by atoms with Gasteiger partial charge in [-0.15, -0.1) is 0 Å². The van der Waals surface area contributed by atoms with E-state index in [1.807, 2.05) is 14.1 Å². The highest BCUT2D eigenvalue weighted by atomic mass is 32.2. The van der Waals surface area contributed by atoms with Crippen LogP contribution >= 0.6 is 0 Å². The normalized spacial score (nSPS) is 12.8. The van der Waals surface area contributed by atoms with Crippen LogP contribution in [0.15, 0.2) is 0 Å². The van der Waals surface area contributed by atoms with Crippen LogP contribution in [0, 0.1) is 0 Å². The van der Waals surface area contributed by atoms with Crippen molar-refractivity contribution in [3.05, 3.63) is 0 Å². The summed E-state index contributed by atoms with van der Waals surface area (Å²) >= 11 is 0. The molecule has 0 saturated carbocycles. The van der Waals surface area contributed by atoms with E-state index in [2.05, 4.69) is 5.32 Å². The second kappa shape index (κ2) is 10.3. The summed E-state index contributed by atoms with van der Waals surface area (Å²) in [5, 5.41) is -1.43. The molecule has 0 aliphatic heterocycles. The summed E-state index contributed by atoms with van der Waals surface area (Å²) in [6, 6.07) is 0. The molecule has 10 heteroatoms. The second-order valence-electron chi connectivity index (χ2n) is 4.50. The van der Waals surface area contributed by atoms with Crippen molar-refractivity contribution in [2.75, 3.05) is 14.1 Å².